The van der Waals surface area contributed by atoms with Crippen molar-refractivity contribution in [1.82, 2.24) is 4.90 Å². The molecule has 1 aromatic heterocycles. The van der Waals surface area contributed by atoms with Crippen LogP contribution >= 0.6 is 11.3 Å². The fourth-order valence-electron chi connectivity index (χ4n) is 2.52. The Balaban J connectivity index is 1.65. The Morgan fingerprint density at radius 3 is 2.94 bits per heavy atom. The maximum atomic E-state index is 3.40. The summed E-state index contributed by atoms with van der Waals surface area (Å²) < 4.78 is 0. The highest BCUT2D eigenvalue weighted by Crippen LogP contribution is 2.23. The van der Waals surface area contributed by atoms with Crippen LogP contribution in [0.5, 0.6) is 0 Å². The molecule has 0 spiro atoms. The second-order valence-corrected chi connectivity index (χ2v) is 5.75. The van der Waals surface area contributed by atoms with E-state index in [9.17, 15) is 0 Å². The highest BCUT2D eigenvalue weighted by atomic mass is 32.1. The zero-order chi connectivity index (χ0) is 12.4. The van der Waals surface area contributed by atoms with Crippen molar-refractivity contribution in [1.29, 1.82) is 0 Å². The van der Waals surface area contributed by atoms with Crippen LogP contribution in [0.25, 0.3) is 0 Å². The number of rotatable bonds is 4. The zero-order valence-corrected chi connectivity index (χ0v) is 11.5. The number of thiophene rings is 1. The van der Waals surface area contributed by atoms with E-state index in [4.69, 9.17) is 0 Å². The van der Waals surface area contributed by atoms with Gasteiger partial charge in [0.15, 0.2) is 0 Å². The molecule has 1 aliphatic rings. The van der Waals surface area contributed by atoms with Gasteiger partial charge in [-0.2, -0.15) is 11.3 Å². The second kappa shape index (κ2) is 5.12. The summed E-state index contributed by atoms with van der Waals surface area (Å²) in [5.74, 6) is 0. The van der Waals surface area contributed by atoms with Gasteiger partial charge in [0, 0.05) is 25.3 Å². The summed E-state index contributed by atoms with van der Waals surface area (Å²) in [7, 11) is 2.18. The van der Waals surface area contributed by atoms with Crippen LogP contribution in [0.3, 0.4) is 0 Å². The van der Waals surface area contributed by atoms with Gasteiger partial charge in [-0.3, -0.25) is 4.90 Å². The normalized spacial score (nSPS) is 13.7. The van der Waals surface area contributed by atoms with Gasteiger partial charge in [0.05, 0.1) is 0 Å². The van der Waals surface area contributed by atoms with Crippen LogP contribution in [0.4, 0.5) is 5.69 Å². The third-order valence-corrected chi connectivity index (χ3v) is 4.10. The molecule has 0 unspecified atom stereocenters. The molecule has 1 aromatic carbocycles. The van der Waals surface area contributed by atoms with E-state index in [0.29, 0.717) is 0 Å². The van der Waals surface area contributed by atoms with Crippen molar-refractivity contribution in [3.63, 3.8) is 0 Å². The Morgan fingerprint density at radius 2 is 2.11 bits per heavy atom. The highest BCUT2D eigenvalue weighted by Gasteiger charge is 2.10. The average molecular weight is 258 g/mol. The SMILES string of the molecule is CN(Cc1ccsc1)Cc1ccc2c(c1)CCN2. The second-order valence-electron chi connectivity index (χ2n) is 4.97. The molecular formula is C15H18N2S. The first kappa shape index (κ1) is 11.8. The van der Waals surface area contributed by atoms with Crippen molar-refractivity contribution in [2.45, 2.75) is 19.5 Å². The number of benzene rings is 1. The van der Waals surface area contributed by atoms with E-state index in [1.165, 1.54) is 22.4 Å². The fourth-order valence-corrected chi connectivity index (χ4v) is 3.18. The molecule has 94 valence electrons. The van der Waals surface area contributed by atoms with Gasteiger partial charge in [0.1, 0.15) is 0 Å². The fraction of sp³-hybridized carbons (Fsp3) is 0.333. The first-order chi connectivity index (χ1) is 8.81. The molecule has 3 heteroatoms. The van der Waals surface area contributed by atoms with Crippen LogP contribution in [0.1, 0.15) is 16.7 Å². The quantitative estimate of drug-likeness (QED) is 0.904. The van der Waals surface area contributed by atoms with Gasteiger partial charge < -0.3 is 5.32 Å². The molecule has 0 saturated heterocycles. The molecular weight excluding hydrogens is 240 g/mol. The topological polar surface area (TPSA) is 15.3 Å². The molecule has 2 aromatic rings. The highest BCUT2D eigenvalue weighted by molar-refractivity contribution is 7.07. The van der Waals surface area contributed by atoms with Crippen molar-refractivity contribution in [3.8, 4) is 0 Å². The molecule has 1 aliphatic heterocycles. The number of nitrogens with one attached hydrogen (secondary N) is 1. The van der Waals surface area contributed by atoms with Gasteiger partial charge in [0.2, 0.25) is 0 Å². The summed E-state index contributed by atoms with van der Waals surface area (Å²) >= 11 is 1.77. The van der Waals surface area contributed by atoms with Gasteiger partial charge in [0.25, 0.3) is 0 Å². The van der Waals surface area contributed by atoms with E-state index in [1.54, 1.807) is 11.3 Å². The molecule has 18 heavy (non-hydrogen) atoms. The number of fused-ring (bicyclic) bond motifs is 1. The number of anilines is 1. The third-order valence-electron chi connectivity index (χ3n) is 3.36. The molecule has 0 radical (unpaired) electrons. The molecule has 0 fully saturated rings. The maximum Gasteiger partial charge on any atom is 0.0373 e. The predicted molar refractivity (Wildman–Crippen MR) is 78.1 cm³/mol. The third kappa shape index (κ3) is 2.57. The maximum absolute atomic E-state index is 3.40. The van der Waals surface area contributed by atoms with Gasteiger partial charge in [-0.05, 0) is 53.1 Å². The predicted octanol–water partition coefficient (Wildman–Crippen LogP) is 3.35. The number of hydrogen-bond acceptors (Lipinski definition) is 3. The van der Waals surface area contributed by atoms with E-state index >= 15 is 0 Å². The van der Waals surface area contributed by atoms with Gasteiger partial charge in [-0.1, -0.05) is 12.1 Å². The van der Waals surface area contributed by atoms with Crippen molar-refractivity contribution < 1.29 is 0 Å². The molecule has 2 nitrogen and oxygen atoms in total. The summed E-state index contributed by atoms with van der Waals surface area (Å²) in [6.07, 6.45) is 1.16. The molecule has 0 aliphatic carbocycles. The lowest BCUT2D eigenvalue weighted by Crippen LogP contribution is -2.16. The first-order valence-corrected chi connectivity index (χ1v) is 7.31. The molecule has 0 saturated carbocycles. The molecule has 3 rings (SSSR count). The van der Waals surface area contributed by atoms with E-state index in [-0.39, 0.29) is 0 Å². The first-order valence-electron chi connectivity index (χ1n) is 6.36. The lowest BCUT2D eigenvalue weighted by molar-refractivity contribution is 0.319. The standard InChI is InChI=1S/C15H18N2S/c1-17(10-13-5-7-18-11-13)9-12-2-3-15-14(8-12)4-6-16-15/h2-3,5,7-8,11,16H,4,6,9-10H2,1H3. The van der Waals surface area contributed by atoms with Gasteiger partial charge >= 0.3 is 0 Å². The minimum atomic E-state index is 1.02. The Bertz CT molecular complexity index is 519. The van der Waals surface area contributed by atoms with Crippen molar-refractivity contribution in [2.24, 2.45) is 0 Å². The lowest BCUT2D eigenvalue weighted by Gasteiger charge is -2.16. The zero-order valence-electron chi connectivity index (χ0n) is 10.6. The number of hydrogen-bond donors (Lipinski definition) is 1. The van der Waals surface area contributed by atoms with Crippen LogP contribution in [0.15, 0.2) is 35.0 Å². The van der Waals surface area contributed by atoms with Gasteiger partial charge in [-0.15, -0.1) is 0 Å². The number of nitrogens with zero attached hydrogens (tertiary/aromatic N) is 1. The molecule has 0 atom stereocenters. The van der Waals surface area contributed by atoms with Crippen molar-refractivity contribution >= 4 is 17.0 Å². The largest absolute Gasteiger partial charge is 0.384 e. The smallest absolute Gasteiger partial charge is 0.0373 e. The summed E-state index contributed by atoms with van der Waals surface area (Å²) in [4.78, 5) is 2.37. The minimum Gasteiger partial charge on any atom is -0.384 e. The average Bonchev–Trinajstić information content (AvgIpc) is 2.98. The van der Waals surface area contributed by atoms with Crippen molar-refractivity contribution in [2.75, 3.05) is 18.9 Å². The Kier molecular flexibility index (Phi) is 3.35. The van der Waals surface area contributed by atoms with Crippen LogP contribution < -0.4 is 5.32 Å². The van der Waals surface area contributed by atoms with Crippen molar-refractivity contribution in [3.05, 3.63) is 51.7 Å². The monoisotopic (exact) mass is 258 g/mol. The minimum absolute atomic E-state index is 1.02. The summed E-state index contributed by atoms with van der Waals surface area (Å²) in [5, 5.41) is 7.77. The summed E-state index contributed by atoms with van der Waals surface area (Å²) in [6, 6.07) is 9.00. The summed E-state index contributed by atoms with van der Waals surface area (Å²) in [5.41, 5.74) is 5.61. The lowest BCUT2D eigenvalue weighted by atomic mass is 10.1. The van der Waals surface area contributed by atoms with E-state index in [0.717, 1.165) is 26.1 Å². The Labute approximate surface area is 112 Å². The van der Waals surface area contributed by atoms with Crippen LogP contribution in [-0.2, 0) is 19.5 Å². The Hall–Kier alpha value is -1.32. The van der Waals surface area contributed by atoms with E-state index < -0.39 is 0 Å². The molecule has 1 N–H and O–H groups in total. The van der Waals surface area contributed by atoms with Crippen LogP contribution in [0.2, 0.25) is 0 Å². The Morgan fingerprint density at radius 1 is 1.22 bits per heavy atom. The van der Waals surface area contributed by atoms with Crippen LogP contribution in [0, 0.1) is 0 Å². The molecule has 0 bridgehead atoms. The van der Waals surface area contributed by atoms with E-state index in [1.807, 2.05) is 0 Å². The van der Waals surface area contributed by atoms with Crippen LogP contribution in [-0.4, -0.2) is 18.5 Å². The van der Waals surface area contributed by atoms with E-state index in [2.05, 4.69) is 52.3 Å². The van der Waals surface area contributed by atoms with Gasteiger partial charge in [-0.25, -0.2) is 0 Å². The molecule has 0 amide bonds. The molecule has 2 heterocycles. The summed E-state index contributed by atoms with van der Waals surface area (Å²) in [6.45, 7) is 3.13.